The van der Waals surface area contributed by atoms with E-state index in [1.807, 2.05) is 24.3 Å². The van der Waals surface area contributed by atoms with Crippen LogP contribution in [0, 0.1) is 0 Å². The van der Waals surface area contributed by atoms with E-state index in [1.165, 1.54) is 13.2 Å². The van der Waals surface area contributed by atoms with E-state index in [4.69, 9.17) is 10.5 Å². The number of esters is 1. The normalized spacial score (nSPS) is 13.7. The van der Waals surface area contributed by atoms with Gasteiger partial charge in [0.1, 0.15) is 5.75 Å². The highest BCUT2D eigenvalue weighted by atomic mass is 16.5. The number of rotatable bonds is 6. The second kappa shape index (κ2) is 7.13. The second-order valence-corrected chi connectivity index (χ2v) is 5.51. The van der Waals surface area contributed by atoms with Crippen molar-refractivity contribution in [2.75, 3.05) is 14.2 Å². The Morgan fingerprint density at radius 2 is 1.90 bits per heavy atom. The molecule has 0 saturated carbocycles. The molecule has 1 aromatic carbocycles. The summed E-state index contributed by atoms with van der Waals surface area (Å²) >= 11 is 0. The van der Waals surface area contributed by atoms with Crippen molar-refractivity contribution in [2.45, 2.75) is 31.8 Å². The summed E-state index contributed by atoms with van der Waals surface area (Å²) in [5, 5.41) is 10.1. The smallest absolute Gasteiger partial charge is 0.332 e. The van der Waals surface area contributed by atoms with Gasteiger partial charge in [-0.1, -0.05) is 12.1 Å². The van der Waals surface area contributed by atoms with Crippen LogP contribution in [0.1, 0.15) is 31.7 Å². The first-order chi connectivity index (χ1) is 9.76. The third kappa shape index (κ3) is 5.47. The summed E-state index contributed by atoms with van der Waals surface area (Å²) in [5.74, 6) is -0.0620. The Bertz CT molecular complexity index is 500. The molecule has 5 nitrogen and oxygen atoms in total. The van der Waals surface area contributed by atoms with E-state index in [0.717, 1.165) is 11.3 Å². The lowest BCUT2D eigenvalue weighted by atomic mass is 9.85. The number of hydrogen-bond donors (Lipinski definition) is 2. The minimum absolute atomic E-state index is 0.282. The van der Waals surface area contributed by atoms with Gasteiger partial charge in [0.05, 0.1) is 19.8 Å². The van der Waals surface area contributed by atoms with Gasteiger partial charge in [0.15, 0.2) is 0 Å². The standard InChI is InChI=1S/C16H23NO4/c1-16(2,19)10-13(14(17)9-15(18)21-4)11-5-7-12(20-3)8-6-11/h5-9,13,19H,10,17H2,1-4H3/b14-9-/t13-/m0/s1. The average molecular weight is 293 g/mol. The lowest BCUT2D eigenvalue weighted by Gasteiger charge is -2.26. The number of allylic oxidation sites excluding steroid dienone is 1. The van der Waals surface area contributed by atoms with Crippen LogP contribution in [0.5, 0.6) is 5.75 Å². The molecule has 0 aromatic heterocycles. The van der Waals surface area contributed by atoms with E-state index in [1.54, 1.807) is 21.0 Å². The SMILES string of the molecule is COC(=O)/C=C(\N)[C@@H](CC(C)(C)O)c1ccc(OC)cc1. The largest absolute Gasteiger partial charge is 0.497 e. The molecule has 0 saturated heterocycles. The summed E-state index contributed by atoms with van der Waals surface area (Å²) in [4.78, 5) is 11.4. The Hall–Kier alpha value is -2.01. The van der Waals surface area contributed by atoms with E-state index < -0.39 is 11.6 Å². The minimum atomic E-state index is -0.917. The van der Waals surface area contributed by atoms with Crippen LogP contribution < -0.4 is 10.5 Å². The van der Waals surface area contributed by atoms with Gasteiger partial charge >= 0.3 is 5.97 Å². The van der Waals surface area contributed by atoms with Crippen molar-refractivity contribution >= 4 is 5.97 Å². The molecule has 0 aliphatic carbocycles. The van der Waals surface area contributed by atoms with Crippen molar-refractivity contribution in [3.05, 3.63) is 41.6 Å². The Morgan fingerprint density at radius 3 is 2.33 bits per heavy atom. The van der Waals surface area contributed by atoms with Crippen molar-refractivity contribution in [1.29, 1.82) is 0 Å². The number of carbonyl (C=O) groups excluding carboxylic acids is 1. The molecule has 21 heavy (non-hydrogen) atoms. The zero-order valence-electron chi connectivity index (χ0n) is 12.9. The van der Waals surface area contributed by atoms with Crippen molar-refractivity contribution in [2.24, 2.45) is 5.73 Å². The Morgan fingerprint density at radius 1 is 1.33 bits per heavy atom. The monoisotopic (exact) mass is 293 g/mol. The lowest BCUT2D eigenvalue weighted by molar-refractivity contribution is -0.134. The molecule has 0 radical (unpaired) electrons. The summed E-state index contributed by atoms with van der Waals surface area (Å²) in [6.07, 6.45) is 1.64. The van der Waals surface area contributed by atoms with Crippen molar-refractivity contribution in [3.63, 3.8) is 0 Å². The number of ether oxygens (including phenoxy) is 2. The van der Waals surface area contributed by atoms with Crippen molar-refractivity contribution in [1.82, 2.24) is 0 Å². The number of hydrogen-bond acceptors (Lipinski definition) is 5. The Kier molecular flexibility index (Phi) is 5.79. The molecule has 3 N–H and O–H groups in total. The molecule has 5 heteroatoms. The highest BCUT2D eigenvalue weighted by Gasteiger charge is 2.24. The predicted octanol–water partition coefficient (Wildman–Crippen LogP) is 1.96. The fourth-order valence-electron chi connectivity index (χ4n) is 2.06. The zero-order valence-corrected chi connectivity index (χ0v) is 12.9. The fraction of sp³-hybridized carbons (Fsp3) is 0.438. The number of aliphatic hydroxyl groups is 1. The van der Waals surface area contributed by atoms with E-state index in [0.29, 0.717) is 12.1 Å². The van der Waals surface area contributed by atoms with Crippen LogP contribution in [0.15, 0.2) is 36.0 Å². The molecular weight excluding hydrogens is 270 g/mol. The van der Waals surface area contributed by atoms with Crippen molar-refractivity contribution < 1.29 is 19.4 Å². The molecule has 1 atom stereocenters. The van der Waals surface area contributed by atoms with Crippen LogP contribution in [0.25, 0.3) is 0 Å². The van der Waals surface area contributed by atoms with Crippen LogP contribution in [0.2, 0.25) is 0 Å². The molecule has 0 amide bonds. The predicted molar refractivity (Wildman–Crippen MR) is 80.9 cm³/mol. The first-order valence-corrected chi connectivity index (χ1v) is 6.68. The summed E-state index contributed by atoms with van der Waals surface area (Å²) in [5.41, 5.74) is 6.36. The van der Waals surface area contributed by atoms with Crippen molar-refractivity contribution in [3.8, 4) is 5.75 Å². The third-order valence-electron chi connectivity index (χ3n) is 3.11. The second-order valence-electron chi connectivity index (χ2n) is 5.51. The molecule has 1 aromatic rings. The summed E-state index contributed by atoms with van der Waals surface area (Å²) in [6.45, 7) is 3.41. The van der Waals surface area contributed by atoms with E-state index >= 15 is 0 Å². The molecular formula is C16H23NO4. The maximum absolute atomic E-state index is 11.4. The fourth-order valence-corrected chi connectivity index (χ4v) is 2.06. The van der Waals surface area contributed by atoms with Gasteiger partial charge in [-0.15, -0.1) is 0 Å². The molecule has 0 bridgehead atoms. The van der Waals surface area contributed by atoms with Gasteiger partial charge in [-0.3, -0.25) is 0 Å². The highest BCUT2D eigenvalue weighted by Crippen LogP contribution is 2.31. The molecule has 1 rings (SSSR count). The first-order valence-electron chi connectivity index (χ1n) is 6.68. The Labute approximate surface area is 125 Å². The number of carbonyl (C=O) groups is 1. The van der Waals surface area contributed by atoms with Gasteiger partial charge in [-0.2, -0.15) is 0 Å². The van der Waals surface area contributed by atoms with Crippen LogP contribution in [0.3, 0.4) is 0 Å². The molecule has 0 aliphatic rings. The van der Waals surface area contributed by atoms with Crippen LogP contribution in [-0.4, -0.2) is 30.9 Å². The van der Waals surface area contributed by atoms with E-state index in [9.17, 15) is 9.90 Å². The highest BCUT2D eigenvalue weighted by molar-refractivity contribution is 5.82. The summed E-state index contributed by atoms with van der Waals surface area (Å²) in [6, 6.07) is 7.37. The van der Waals surface area contributed by atoms with Crippen LogP contribution in [-0.2, 0) is 9.53 Å². The topological polar surface area (TPSA) is 81.8 Å². The zero-order chi connectivity index (χ0) is 16.0. The third-order valence-corrected chi connectivity index (χ3v) is 3.11. The van der Waals surface area contributed by atoms with E-state index in [-0.39, 0.29) is 5.92 Å². The number of benzene rings is 1. The molecule has 0 fully saturated rings. The maximum Gasteiger partial charge on any atom is 0.332 e. The van der Waals surface area contributed by atoms with Gasteiger partial charge in [-0.25, -0.2) is 4.79 Å². The van der Waals surface area contributed by atoms with E-state index in [2.05, 4.69) is 4.74 Å². The Balaban J connectivity index is 3.11. The quantitative estimate of drug-likeness (QED) is 0.619. The minimum Gasteiger partial charge on any atom is -0.497 e. The molecule has 0 unspecified atom stereocenters. The van der Waals surface area contributed by atoms with Gasteiger partial charge < -0.3 is 20.3 Å². The molecule has 0 heterocycles. The van der Waals surface area contributed by atoms with Crippen LogP contribution >= 0.6 is 0 Å². The average Bonchev–Trinajstić information content (AvgIpc) is 2.43. The lowest BCUT2D eigenvalue weighted by Crippen LogP contribution is -2.25. The summed E-state index contributed by atoms with van der Waals surface area (Å²) in [7, 11) is 2.89. The maximum atomic E-state index is 11.4. The molecule has 0 spiro atoms. The van der Waals surface area contributed by atoms with Gasteiger partial charge in [-0.05, 0) is 38.0 Å². The summed E-state index contributed by atoms with van der Waals surface area (Å²) < 4.78 is 9.72. The van der Waals surface area contributed by atoms with Gasteiger partial charge in [0.2, 0.25) is 0 Å². The molecule has 0 aliphatic heterocycles. The number of methoxy groups -OCH3 is 2. The molecule has 116 valence electrons. The van der Waals surface area contributed by atoms with Crippen LogP contribution in [0.4, 0.5) is 0 Å². The van der Waals surface area contributed by atoms with Gasteiger partial charge in [0, 0.05) is 17.7 Å². The van der Waals surface area contributed by atoms with Gasteiger partial charge in [0.25, 0.3) is 0 Å². The first kappa shape index (κ1) is 17.0. The number of nitrogens with two attached hydrogens (primary N) is 1.